The second kappa shape index (κ2) is 7.34. The van der Waals surface area contributed by atoms with Gasteiger partial charge in [0.05, 0.1) is 10.0 Å². The third-order valence-corrected chi connectivity index (χ3v) is 4.42. The lowest BCUT2D eigenvalue weighted by atomic mass is 9.89. The molecule has 0 amide bonds. The first-order valence-corrected chi connectivity index (χ1v) is 7.69. The van der Waals surface area contributed by atoms with Crippen LogP contribution < -0.4 is 10.5 Å². The Bertz CT molecular complexity index is 617. The molecule has 2 atom stereocenters. The van der Waals surface area contributed by atoms with Crippen LogP contribution in [0.3, 0.4) is 0 Å². The van der Waals surface area contributed by atoms with Gasteiger partial charge in [-0.3, -0.25) is 0 Å². The number of rotatable bonds is 6. The summed E-state index contributed by atoms with van der Waals surface area (Å²) in [7, 11) is 1.61. The van der Waals surface area contributed by atoms with Gasteiger partial charge in [0.25, 0.3) is 0 Å². The van der Waals surface area contributed by atoms with Gasteiger partial charge in [0.15, 0.2) is 5.60 Å². The number of hydrogen-bond donors (Lipinski definition) is 1. The van der Waals surface area contributed by atoms with Crippen molar-refractivity contribution in [1.82, 2.24) is 0 Å². The van der Waals surface area contributed by atoms with Gasteiger partial charge in [0.1, 0.15) is 11.9 Å². The highest BCUT2D eigenvalue weighted by molar-refractivity contribution is 6.42. The van der Waals surface area contributed by atoms with E-state index in [2.05, 4.69) is 0 Å². The second-order valence-electron chi connectivity index (χ2n) is 5.11. The van der Waals surface area contributed by atoms with E-state index < -0.39 is 5.60 Å². The molecule has 0 aliphatic rings. The lowest BCUT2D eigenvalue weighted by molar-refractivity contribution is -0.0636. The van der Waals surface area contributed by atoms with Crippen molar-refractivity contribution < 1.29 is 9.47 Å². The third kappa shape index (κ3) is 3.55. The zero-order chi connectivity index (χ0) is 16.2. The van der Waals surface area contributed by atoms with Crippen molar-refractivity contribution in [3.05, 3.63) is 64.1 Å². The largest absolute Gasteiger partial charge is 0.480 e. The van der Waals surface area contributed by atoms with Gasteiger partial charge in [-0.05, 0) is 36.8 Å². The van der Waals surface area contributed by atoms with Crippen molar-refractivity contribution >= 4 is 23.2 Å². The van der Waals surface area contributed by atoms with Crippen LogP contribution in [0.25, 0.3) is 0 Å². The van der Waals surface area contributed by atoms with Crippen LogP contribution in [0.5, 0.6) is 5.75 Å². The number of ether oxygens (including phenoxy) is 2. The molecule has 0 heterocycles. The summed E-state index contributed by atoms with van der Waals surface area (Å²) in [5.41, 5.74) is 5.92. The van der Waals surface area contributed by atoms with Crippen LogP contribution >= 0.6 is 23.2 Å². The topological polar surface area (TPSA) is 44.5 Å². The lowest BCUT2D eigenvalue weighted by Gasteiger charge is -2.37. The van der Waals surface area contributed by atoms with Crippen molar-refractivity contribution in [3.8, 4) is 5.75 Å². The second-order valence-corrected chi connectivity index (χ2v) is 5.93. The van der Waals surface area contributed by atoms with E-state index in [1.54, 1.807) is 19.2 Å². The highest BCUT2D eigenvalue weighted by Gasteiger charge is 2.38. The first-order valence-electron chi connectivity index (χ1n) is 6.93. The van der Waals surface area contributed by atoms with Gasteiger partial charge in [-0.2, -0.15) is 0 Å². The molecule has 0 bridgehead atoms. The van der Waals surface area contributed by atoms with Crippen molar-refractivity contribution in [1.29, 1.82) is 0 Å². The Kier molecular flexibility index (Phi) is 5.70. The highest BCUT2D eigenvalue weighted by Crippen LogP contribution is 2.35. The van der Waals surface area contributed by atoms with Gasteiger partial charge in [0, 0.05) is 13.7 Å². The summed E-state index contributed by atoms with van der Waals surface area (Å²) in [4.78, 5) is 0. The molecule has 2 aromatic rings. The maximum Gasteiger partial charge on any atom is 0.158 e. The standard InChI is InChI=1S/C17H19Cl2NO2/c1-17(16(11-20)21-2,22-13-6-4-3-5-7-13)12-8-9-14(18)15(19)10-12/h3-10,16H,11,20H2,1-2H3. The normalized spacial score (nSPS) is 15.1. The molecule has 0 aromatic heterocycles. The predicted molar refractivity (Wildman–Crippen MR) is 90.7 cm³/mol. The smallest absolute Gasteiger partial charge is 0.158 e. The summed E-state index contributed by atoms with van der Waals surface area (Å²) in [5.74, 6) is 0.728. The zero-order valence-corrected chi connectivity index (χ0v) is 14.1. The van der Waals surface area contributed by atoms with E-state index >= 15 is 0 Å². The minimum absolute atomic E-state index is 0.306. The molecule has 0 radical (unpaired) electrons. The van der Waals surface area contributed by atoms with E-state index in [1.807, 2.05) is 43.3 Å². The van der Waals surface area contributed by atoms with E-state index in [1.165, 1.54) is 0 Å². The van der Waals surface area contributed by atoms with Crippen LogP contribution in [-0.2, 0) is 10.3 Å². The predicted octanol–water partition coefficient (Wildman–Crippen LogP) is 4.26. The summed E-state index contributed by atoms with van der Waals surface area (Å²) in [5, 5.41) is 0.961. The van der Waals surface area contributed by atoms with Gasteiger partial charge in [-0.1, -0.05) is 47.5 Å². The van der Waals surface area contributed by atoms with Gasteiger partial charge in [0.2, 0.25) is 0 Å². The zero-order valence-electron chi connectivity index (χ0n) is 12.6. The maximum atomic E-state index is 6.22. The number of hydrogen-bond acceptors (Lipinski definition) is 3. The van der Waals surface area contributed by atoms with Crippen LogP contribution in [0.4, 0.5) is 0 Å². The Balaban J connectivity index is 2.47. The van der Waals surface area contributed by atoms with Crippen LogP contribution in [0.15, 0.2) is 48.5 Å². The van der Waals surface area contributed by atoms with E-state index in [0.717, 1.165) is 11.3 Å². The molecule has 0 aliphatic carbocycles. The minimum Gasteiger partial charge on any atom is -0.480 e. The third-order valence-electron chi connectivity index (χ3n) is 3.68. The molecule has 0 fully saturated rings. The molecule has 3 nitrogen and oxygen atoms in total. The molecule has 2 rings (SSSR count). The number of nitrogens with two attached hydrogens (primary N) is 1. The van der Waals surface area contributed by atoms with Gasteiger partial charge in [-0.15, -0.1) is 0 Å². The van der Waals surface area contributed by atoms with E-state index in [0.29, 0.717) is 16.6 Å². The first kappa shape index (κ1) is 17.1. The first-order chi connectivity index (χ1) is 10.5. The molecule has 0 aliphatic heterocycles. The monoisotopic (exact) mass is 339 g/mol. The van der Waals surface area contributed by atoms with Crippen molar-refractivity contribution in [3.63, 3.8) is 0 Å². The Morgan fingerprint density at radius 1 is 1.09 bits per heavy atom. The summed E-state index contributed by atoms with van der Waals surface area (Å²) < 4.78 is 11.8. The summed E-state index contributed by atoms with van der Waals surface area (Å²) in [6, 6.07) is 14.9. The fourth-order valence-corrected chi connectivity index (χ4v) is 2.69. The highest BCUT2D eigenvalue weighted by atomic mass is 35.5. The molecule has 22 heavy (non-hydrogen) atoms. The Morgan fingerprint density at radius 2 is 1.77 bits per heavy atom. The van der Waals surface area contributed by atoms with E-state index in [4.69, 9.17) is 38.4 Å². The molecule has 2 aromatic carbocycles. The molecule has 0 saturated heterocycles. The Labute approximate surface area is 140 Å². The van der Waals surface area contributed by atoms with Crippen molar-refractivity contribution in [2.45, 2.75) is 18.6 Å². The van der Waals surface area contributed by atoms with Crippen LogP contribution in [0.1, 0.15) is 12.5 Å². The average Bonchev–Trinajstić information content (AvgIpc) is 2.52. The van der Waals surface area contributed by atoms with Crippen LogP contribution in [-0.4, -0.2) is 19.8 Å². The van der Waals surface area contributed by atoms with Crippen molar-refractivity contribution in [2.24, 2.45) is 5.73 Å². The SMILES string of the molecule is COC(CN)C(C)(Oc1ccccc1)c1ccc(Cl)c(Cl)c1. The molecule has 5 heteroatoms. The molecular weight excluding hydrogens is 321 g/mol. The van der Waals surface area contributed by atoms with E-state index in [-0.39, 0.29) is 6.10 Å². The fourth-order valence-electron chi connectivity index (χ4n) is 2.39. The molecule has 118 valence electrons. The molecule has 0 saturated carbocycles. The molecule has 2 N–H and O–H groups in total. The number of benzene rings is 2. The van der Waals surface area contributed by atoms with E-state index in [9.17, 15) is 0 Å². The van der Waals surface area contributed by atoms with Gasteiger partial charge in [-0.25, -0.2) is 0 Å². The molecular formula is C17H19Cl2NO2. The number of para-hydroxylation sites is 1. The molecule has 2 unspecified atom stereocenters. The van der Waals surface area contributed by atoms with Crippen molar-refractivity contribution in [2.75, 3.05) is 13.7 Å². The number of methoxy groups -OCH3 is 1. The summed E-state index contributed by atoms with van der Waals surface area (Å²) in [6.45, 7) is 2.24. The average molecular weight is 340 g/mol. The fraction of sp³-hybridized carbons (Fsp3) is 0.294. The Hall–Kier alpha value is -1.26. The quantitative estimate of drug-likeness (QED) is 0.854. The number of halogens is 2. The Morgan fingerprint density at radius 3 is 2.32 bits per heavy atom. The summed E-state index contributed by atoms with van der Waals surface area (Å²) in [6.07, 6.45) is -0.343. The lowest BCUT2D eigenvalue weighted by Crippen LogP contribution is -2.47. The van der Waals surface area contributed by atoms with Crippen LogP contribution in [0.2, 0.25) is 10.0 Å². The molecule has 0 spiro atoms. The van der Waals surface area contributed by atoms with Gasteiger partial charge < -0.3 is 15.2 Å². The minimum atomic E-state index is -0.793. The van der Waals surface area contributed by atoms with Crippen LogP contribution in [0, 0.1) is 0 Å². The summed E-state index contributed by atoms with van der Waals surface area (Å²) >= 11 is 12.2. The maximum absolute atomic E-state index is 6.22. The van der Waals surface area contributed by atoms with Gasteiger partial charge >= 0.3 is 0 Å².